The van der Waals surface area contributed by atoms with Crippen LogP contribution in [0.25, 0.3) is 0 Å². The number of nitrogens with two attached hydrogens (primary N) is 1. The van der Waals surface area contributed by atoms with E-state index in [2.05, 4.69) is 12.2 Å². The average Bonchev–Trinajstić information content (AvgIpc) is 2.31. The molecular formula is C12H25ClN2OS. The summed E-state index contributed by atoms with van der Waals surface area (Å²) in [5.74, 6) is 1.19. The van der Waals surface area contributed by atoms with E-state index >= 15 is 0 Å². The molecule has 0 aromatic heterocycles. The SMILES string of the molecule is CCSC1CCCCC1NC(=O)C(C)CN.Cl. The Balaban J connectivity index is 0.00000256. The van der Waals surface area contributed by atoms with Crippen molar-refractivity contribution in [2.75, 3.05) is 12.3 Å². The van der Waals surface area contributed by atoms with Crippen LogP contribution in [0, 0.1) is 5.92 Å². The van der Waals surface area contributed by atoms with Crippen LogP contribution < -0.4 is 11.1 Å². The predicted molar refractivity (Wildman–Crippen MR) is 77.8 cm³/mol. The van der Waals surface area contributed by atoms with Crippen LogP contribution in [-0.2, 0) is 4.79 Å². The predicted octanol–water partition coefficient (Wildman–Crippen LogP) is 2.18. The number of carbonyl (C=O) groups is 1. The van der Waals surface area contributed by atoms with Gasteiger partial charge in [-0.2, -0.15) is 11.8 Å². The van der Waals surface area contributed by atoms with Crippen LogP contribution in [0.3, 0.4) is 0 Å². The van der Waals surface area contributed by atoms with Gasteiger partial charge < -0.3 is 11.1 Å². The Morgan fingerprint density at radius 3 is 2.71 bits per heavy atom. The summed E-state index contributed by atoms with van der Waals surface area (Å²) in [6.07, 6.45) is 4.90. The van der Waals surface area contributed by atoms with E-state index in [9.17, 15) is 4.79 Å². The maximum absolute atomic E-state index is 11.8. The van der Waals surface area contributed by atoms with Gasteiger partial charge in [-0.3, -0.25) is 4.79 Å². The minimum Gasteiger partial charge on any atom is -0.352 e. The normalized spacial score (nSPS) is 25.8. The van der Waals surface area contributed by atoms with Crippen LogP contribution in [0.1, 0.15) is 39.5 Å². The quantitative estimate of drug-likeness (QED) is 0.812. The number of halogens is 1. The van der Waals surface area contributed by atoms with Gasteiger partial charge in [0.05, 0.1) is 0 Å². The summed E-state index contributed by atoms with van der Waals surface area (Å²) >= 11 is 1.98. The molecule has 5 heteroatoms. The molecular weight excluding hydrogens is 256 g/mol. The van der Waals surface area contributed by atoms with E-state index in [1.165, 1.54) is 19.3 Å². The van der Waals surface area contributed by atoms with E-state index in [0.717, 1.165) is 12.2 Å². The molecule has 3 atom stereocenters. The molecule has 17 heavy (non-hydrogen) atoms. The lowest BCUT2D eigenvalue weighted by Crippen LogP contribution is -2.46. The lowest BCUT2D eigenvalue weighted by Gasteiger charge is -2.32. The van der Waals surface area contributed by atoms with Crippen LogP contribution in [0.15, 0.2) is 0 Å². The van der Waals surface area contributed by atoms with Gasteiger partial charge in [0.25, 0.3) is 0 Å². The summed E-state index contributed by atoms with van der Waals surface area (Å²) < 4.78 is 0. The molecule has 0 aromatic carbocycles. The number of nitrogens with one attached hydrogen (secondary N) is 1. The number of amides is 1. The summed E-state index contributed by atoms with van der Waals surface area (Å²) in [6.45, 7) is 4.50. The molecule has 0 aromatic rings. The van der Waals surface area contributed by atoms with Crippen molar-refractivity contribution in [3.63, 3.8) is 0 Å². The number of hydrogen-bond donors (Lipinski definition) is 2. The fourth-order valence-corrected chi connectivity index (χ4v) is 3.31. The molecule has 1 fully saturated rings. The Labute approximate surface area is 115 Å². The maximum atomic E-state index is 11.8. The highest BCUT2D eigenvalue weighted by Crippen LogP contribution is 2.28. The Bertz CT molecular complexity index is 227. The minimum atomic E-state index is -0.0609. The van der Waals surface area contributed by atoms with Crippen LogP contribution in [0.4, 0.5) is 0 Å². The average molecular weight is 281 g/mol. The second-order valence-corrected chi connectivity index (χ2v) is 6.05. The molecule has 1 saturated carbocycles. The summed E-state index contributed by atoms with van der Waals surface area (Å²) in [5, 5.41) is 3.77. The molecule has 102 valence electrons. The van der Waals surface area contributed by atoms with Gasteiger partial charge >= 0.3 is 0 Å². The van der Waals surface area contributed by atoms with E-state index in [4.69, 9.17) is 5.73 Å². The molecule has 0 heterocycles. The van der Waals surface area contributed by atoms with Crippen molar-refractivity contribution in [1.29, 1.82) is 0 Å². The molecule has 3 N–H and O–H groups in total. The molecule has 3 unspecified atom stereocenters. The molecule has 0 spiro atoms. The first kappa shape index (κ1) is 17.1. The van der Waals surface area contributed by atoms with Crippen molar-refractivity contribution in [2.45, 2.75) is 50.8 Å². The zero-order valence-corrected chi connectivity index (χ0v) is 12.4. The second kappa shape index (κ2) is 9.06. The van der Waals surface area contributed by atoms with Crippen molar-refractivity contribution in [3.05, 3.63) is 0 Å². The first-order valence-corrected chi connectivity index (χ1v) is 7.36. The molecule has 0 bridgehead atoms. The number of carbonyl (C=O) groups excluding carboxylic acids is 1. The van der Waals surface area contributed by atoms with Gasteiger partial charge in [-0.15, -0.1) is 12.4 Å². The standard InChI is InChI=1S/C12H24N2OS.ClH/c1-3-16-11-7-5-4-6-10(11)14-12(15)9(2)8-13;/h9-11H,3-8,13H2,1-2H3,(H,14,15);1H. The molecule has 0 aliphatic heterocycles. The maximum Gasteiger partial charge on any atom is 0.224 e. The van der Waals surface area contributed by atoms with Crippen molar-refractivity contribution in [2.24, 2.45) is 11.7 Å². The number of rotatable bonds is 5. The fourth-order valence-electron chi connectivity index (χ4n) is 2.11. The van der Waals surface area contributed by atoms with Gasteiger partial charge in [-0.05, 0) is 18.6 Å². The van der Waals surface area contributed by atoms with E-state index in [1.54, 1.807) is 0 Å². The third kappa shape index (κ3) is 5.49. The Hall–Kier alpha value is 0.0700. The van der Waals surface area contributed by atoms with Crippen LogP contribution in [-0.4, -0.2) is 29.5 Å². The summed E-state index contributed by atoms with van der Waals surface area (Å²) in [5.41, 5.74) is 5.51. The highest BCUT2D eigenvalue weighted by molar-refractivity contribution is 7.99. The smallest absolute Gasteiger partial charge is 0.224 e. The summed E-state index contributed by atoms with van der Waals surface area (Å²) in [7, 11) is 0. The molecule has 3 nitrogen and oxygen atoms in total. The number of thioether (sulfide) groups is 1. The van der Waals surface area contributed by atoms with Crippen LogP contribution >= 0.6 is 24.2 Å². The fraction of sp³-hybridized carbons (Fsp3) is 0.917. The largest absolute Gasteiger partial charge is 0.352 e. The van der Waals surface area contributed by atoms with Crippen molar-refractivity contribution < 1.29 is 4.79 Å². The lowest BCUT2D eigenvalue weighted by atomic mass is 9.94. The molecule has 1 aliphatic carbocycles. The first-order chi connectivity index (χ1) is 7.69. The molecule has 0 radical (unpaired) electrons. The van der Waals surface area contributed by atoms with Gasteiger partial charge in [-0.25, -0.2) is 0 Å². The molecule has 0 saturated heterocycles. The third-order valence-corrected chi connectivity index (χ3v) is 4.54. The summed E-state index contributed by atoms with van der Waals surface area (Å²) in [6, 6.07) is 0.361. The van der Waals surface area contributed by atoms with Crippen molar-refractivity contribution >= 4 is 30.1 Å². The van der Waals surface area contributed by atoms with Crippen molar-refractivity contribution in [1.82, 2.24) is 5.32 Å². The highest BCUT2D eigenvalue weighted by atomic mass is 35.5. The van der Waals surface area contributed by atoms with Gasteiger partial charge in [0.15, 0.2) is 0 Å². The number of hydrogen-bond acceptors (Lipinski definition) is 3. The first-order valence-electron chi connectivity index (χ1n) is 6.31. The van der Waals surface area contributed by atoms with Gasteiger partial charge in [0, 0.05) is 23.8 Å². The zero-order valence-electron chi connectivity index (χ0n) is 10.8. The van der Waals surface area contributed by atoms with Gasteiger partial charge in [-0.1, -0.05) is 26.7 Å². The van der Waals surface area contributed by atoms with E-state index in [0.29, 0.717) is 17.8 Å². The Morgan fingerprint density at radius 1 is 1.47 bits per heavy atom. The lowest BCUT2D eigenvalue weighted by molar-refractivity contribution is -0.125. The highest BCUT2D eigenvalue weighted by Gasteiger charge is 2.27. The molecule has 1 rings (SSSR count). The van der Waals surface area contributed by atoms with Crippen LogP contribution in [0.2, 0.25) is 0 Å². The Morgan fingerprint density at radius 2 is 2.12 bits per heavy atom. The Kier molecular flexibility index (Phi) is 9.10. The van der Waals surface area contributed by atoms with Gasteiger partial charge in [0.1, 0.15) is 0 Å². The second-order valence-electron chi connectivity index (χ2n) is 4.53. The monoisotopic (exact) mass is 280 g/mol. The molecule has 1 aliphatic rings. The third-order valence-electron chi connectivity index (χ3n) is 3.21. The summed E-state index contributed by atoms with van der Waals surface area (Å²) in [4.78, 5) is 11.8. The topological polar surface area (TPSA) is 55.1 Å². The zero-order chi connectivity index (χ0) is 12.0. The van der Waals surface area contributed by atoms with E-state index in [-0.39, 0.29) is 24.2 Å². The van der Waals surface area contributed by atoms with E-state index < -0.39 is 0 Å². The van der Waals surface area contributed by atoms with Crippen molar-refractivity contribution in [3.8, 4) is 0 Å². The van der Waals surface area contributed by atoms with E-state index in [1.807, 2.05) is 18.7 Å². The molecule has 1 amide bonds. The minimum absolute atomic E-state index is 0. The van der Waals surface area contributed by atoms with Crippen LogP contribution in [0.5, 0.6) is 0 Å². The van der Waals surface area contributed by atoms with Gasteiger partial charge in [0.2, 0.25) is 5.91 Å².